The lowest BCUT2D eigenvalue weighted by atomic mass is 9.83. The van der Waals surface area contributed by atoms with Crippen LogP contribution >= 0.6 is 0 Å². The Morgan fingerprint density at radius 1 is 0.946 bits per heavy atom. The van der Waals surface area contributed by atoms with E-state index in [2.05, 4.69) is 0 Å². The topological polar surface area (TPSA) is 140 Å². The van der Waals surface area contributed by atoms with Crippen LogP contribution in [0.5, 0.6) is 0 Å². The van der Waals surface area contributed by atoms with Crippen LogP contribution in [0.3, 0.4) is 0 Å². The van der Waals surface area contributed by atoms with Crippen molar-refractivity contribution in [3.8, 4) is 0 Å². The molecular weight excluding hydrogens is 517 g/mol. The molecular formula is C20H36F5N5O7. The second-order valence-electron chi connectivity index (χ2n) is 9.99. The lowest BCUT2D eigenvalue weighted by molar-refractivity contribution is -0.332. The van der Waals surface area contributed by atoms with Gasteiger partial charge in [0.05, 0.1) is 37.4 Å². The van der Waals surface area contributed by atoms with E-state index in [0.717, 1.165) is 14.1 Å². The highest BCUT2D eigenvalue weighted by Crippen LogP contribution is 2.35. The van der Waals surface area contributed by atoms with Gasteiger partial charge in [-0.25, -0.2) is 0 Å². The lowest BCUT2D eigenvalue weighted by Crippen LogP contribution is -2.68. The predicted molar refractivity (Wildman–Crippen MR) is 115 cm³/mol. The van der Waals surface area contributed by atoms with Gasteiger partial charge in [-0.1, -0.05) is 0 Å². The number of aliphatic hydroxyl groups is 3. The van der Waals surface area contributed by atoms with Crippen molar-refractivity contribution in [3.05, 3.63) is 0 Å². The van der Waals surface area contributed by atoms with Crippen LogP contribution in [0.1, 0.15) is 26.2 Å². The van der Waals surface area contributed by atoms with Crippen molar-refractivity contribution in [3.63, 3.8) is 0 Å². The highest BCUT2D eigenvalue weighted by molar-refractivity contribution is 5.02. The zero-order valence-electron chi connectivity index (χ0n) is 20.6. The Morgan fingerprint density at radius 2 is 1.59 bits per heavy atom. The average Bonchev–Trinajstić information content (AvgIpc) is 2.82. The van der Waals surface area contributed by atoms with Crippen molar-refractivity contribution in [2.45, 2.75) is 99.1 Å². The molecule has 6 N–H and O–H groups in total. The molecule has 0 aromatic rings. The number of aliphatic hydroxyl groups excluding tert-OH is 2. The van der Waals surface area contributed by atoms with E-state index in [9.17, 15) is 37.7 Å². The van der Waals surface area contributed by atoms with Gasteiger partial charge in [0.1, 0.15) is 36.1 Å². The summed E-state index contributed by atoms with van der Waals surface area (Å²) in [7, 11) is 1.98. The fourth-order valence-electron chi connectivity index (χ4n) is 5.28. The number of likely N-dealkylation sites (N-methyl/N-ethyl adjacent to an activating group) is 2. The first kappa shape index (κ1) is 30.7. The highest BCUT2D eigenvalue weighted by Gasteiger charge is 2.54. The Balaban J connectivity index is 1.82. The molecule has 0 amide bonds. The van der Waals surface area contributed by atoms with Crippen LogP contribution in [0.2, 0.25) is 0 Å². The summed E-state index contributed by atoms with van der Waals surface area (Å²) in [4.78, 5) is 0. The summed E-state index contributed by atoms with van der Waals surface area (Å²) in [6.07, 6.45) is -10.2. The molecule has 17 heteroatoms. The van der Waals surface area contributed by atoms with Crippen molar-refractivity contribution in [1.29, 1.82) is 0 Å². The molecule has 3 rings (SSSR count). The van der Waals surface area contributed by atoms with Crippen molar-refractivity contribution < 1.29 is 56.7 Å². The van der Waals surface area contributed by atoms with Crippen LogP contribution in [0, 0.1) is 0 Å². The molecule has 1 saturated carbocycles. The number of nitrogens with zero attached hydrogens (tertiary/aromatic N) is 2. The fourth-order valence-corrected chi connectivity index (χ4v) is 5.28. The van der Waals surface area contributed by atoms with Gasteiger partial charge in [0.2, 0.25) is 0 Å². The molecule has 0 aromatic heterocycles. The maximum absolute atomic E-state index is 14.5. The molecule has 12 unspecified atom stereocenters. The summed E-state index contributed by atoms with van der Waals surface area (Å²) in [6.45, 7) is 0.556. The van der Waals surface area contributed by atoms with Crippen molar-refractivity contribution in [2.75, 3.05) is 27.2 Å². The number of nitrogens with one attached hydrogen (secondary N) is 3. The minimum Gasteiger partial charge on any atom is -0.388 e. The maximum atomic E-state index is 14.5. The van der Waals surface area contributed by atoms with Gasteiger partial charge in [-0.3, -0.25) is 0 Å². The molecule has 2 aliphatic heterocycles. The second kappa shape index (κ2) is 13.0. The molecule has 2 saturated heterocycles. The Kier molecular flexibility index (Phi) is 10.8. The van der Waals surface area contributed by atoms with E-state index in [4.69, 9.17) is 18.9 Å². The maximum Gasteiger partial charge on any atom is 0.185 e. The largest absolute Gasteiger partial charge is 0.388 e. The first-order valence-corrected chi connectivity index (χ1v) is 11.9. The summed E-state index contributed by atoms with van der Waals surface area (Å²) in [6, 6.07) is -5.14. The van der Waals surface area contributed by atoms with E-state index in [1.807, 2.05) is 0 Å². The minimum absolute atomic E-state index is 0.0851. The summed E-state index contributed by atoms with van der Waals surface area (Å²) in [5.41, 5.74) is 2.60. The van der Waals surface area contributed by atoms with Gasteiger partial charge in [0.25, 0.3) is 0 Å². The Bertz CT molecular complexity index is 720. The van der Waals surface area contributed by atoms with E-state index in [0.29, 0.717) is 0 Å². The number of hydrogen-bond donors (Lipinski definition) is 6. The molecule has 12 nitrogen and oxygen atoms in total. The van der Waals surface area contributed by atoms with Crippen molar-refractivity contribution in [1.82, 2.24) is 26.9 Å². The number of ether oxygens (including phenoxy) is 4. The van der Waals surface area contributed by atoms with Crippen LogP contribution < -0.4 is 16.6 Å². The summed E-state index contributed by atoms with van der Waals surface area (Å²) < 4.78 is 90.7. The molecule has 3 aliphatic rings. The molecule has 3 fully saturated rings. The van der Waals surface area contributed by atoms with Crippen LogP contribution in [0.25, 0.3) is 0 Å². The molecule has 0 aromatic carbocycles. The number of hydrogen-bond acceptors (Lipinski definition) is 12. The van der Waals surface area contributed by atoms with E-state index >= 15 is 0 Å². The molecule has 2 heterocycles. The summed E-state index contributed by atoms with van der Waals surface area (Å²) in [5.74, 6) is 0. The van der Waals surface area contributed by atoms with E-state index < -0.39 is 79.5 Å². The van der Waals surface area contributed by atoms with Crippen LogP contribution in [0.15, 0.2) is 0 Å². The van der Waals surface area contributed by atoms with Gasteiger partial charge in [-0.2, -0.15) is 16.6 Å². The van der Waals surface area contributed by atoms with Gasteiger partial charge < -0.3 is 34.3 Å². The minimum atomic E-state index is -1.81. The van der Waals surface area contributed by atoms with E-state index in [-0.39, 0.29) is 36.1 Å². The van der Waals surface area contributed by atoms with Gasteiger partial charge in [-0.15, -0.1) is 32.7 Å². The zero-order chi connectivity index (χ0) is 27.5. The van der Waals surface area contributed by atoms with Crippen LogP contribution in [0.4, 0.5) is 22.4 Å². The monoisotopic (exact) mass is 553 g/mol. The first-order chi connectivity index (χ1) is 17.4. The molecule has 218 valence electrons. The number of halogens is 5. The standard InChI is InChI=1S/C20H36F5N5O7/c1-20(33)8-34-19(14(32)17(20)30(3)25)37-16-12(29(2)24)6-11(28-23)15(13(16)31)36-18-10(27-22)5-4-9(35-18)7-26-21/h9-19,26-28,31-33H,4-8H2,1-3H3. The van der Waals surface area contributed by atoms with E-state index in [1.165, 1.54) is 23.5 Å². The van der Waals surface area contributed by atoms with E-state index in [1.54, 1.807) is 0 Å². The van der Waals surface area contributed by atoms with Crippen LogP contribution in [-0.4, -0.2) is 126 Å². The predicted octanol–water partition coefficient (Wildman–Crippen LogP) is -0.976. The Hall–Kier alpha value is -0.830. The third-order valence-corrected chi connectivity index (χ3v) is 7.19. The Morgan fingerprint density at radius 3 is 2.16 bits per heavy atom. The summed E-state index contributed by atoms with van der Waals surface area (Å²) in [5, 5.41) is 32.5. The molecule has 12 atom stereocenters. The molecule has 1 aliphatic carbocycles. The average molecular weight is 554 g/mol. The highest BCUT2D eigenvalue weighted by atomic mass is 19.2. The van der Waals surface area contributed by atoms with Crippen molar-refractivity contribution >= 4 is 0 Å². The normalized spacial score (nSPS) is 45.5. The van der Waals surface area contributed by atoms with Crippen molar-refractivity contribution in [2.24, 2.45) is 0 Å². The zero-order valence-corrected chi connectivity index (χ0v) is 20.6. The van der Waals surface area contributed by atoms with Gasteiger partial charge >= 0.3 is 0 Å². The van der Waals surface area contributed by atoms with Gasteiger partial charge in [0.15, 0.2) is 12.6 Å². The quantitative estimate of drug-likeness (QED) is 0.146. The lowest BCUT2D eigenvalue weighted by Gasteiger charge is -2.49. The van der Waals surface area contributed by atoms with Gasteiger partial charge in [-0.05, 0) is 26.2 Å². The first-order valence-electron chi connectivity index (χ1n) is 11.9. The fraction of sp³-hybridized carbons (Fsp3) is 1.00. The molecule has 0 radical (unpaired) electrons. The second-order valence-corrected chi connectivity index (χ2v) is 9.99. The van der Waals surface area contributed by atoms with Gasteiger partial charge in [0, 0.05) is 14.1 Å². The molecule has 0 bridgehead atoms. The SMILES string of the molecule is CN(F)C1CC(NF)C(OC2OC(CNF)CCC2NF)C(O)C1OC1OCC(C)(O)C(N(C)F)C1O. The third kappa shape index (κ3) is 6.85. The molecule has 0 spiro atoms. The van der Waals surface area contributed by atoms with Crippen LogP contribution in [-0.2, 0) is 18.9 Å². The smallest absolute Gasteiger partial charge is 0.185 e. The molecule has 37 heavy (non-hydrogen) atoms. The summed E-state index contributed by atoms with van der Waals surface area (Å²) >= 11 is 0. The number of rotatable bonds is 10. The third-order valence-electron chi connectivity index (χ3n) is 7.19. The Labute approximate surface area is 210 Å².